The topological polar surface area (TPSA) is 12.0 Å². The molecule has 17 heavy (non-hydrogen) atoms. The zero-order valence-electron chi connectivity index (χ0n) is 10.9. The van der Waals surface area contributed by atoms with E-state index in [1.165, 1.54) is 17.7 Å². The van der Waals surface area contributed by atoms with Crippen LogP contribution in [0.4, 0.5) is 0 Å². The van der Waals surface area contributed by atoms with Gasteiger partial charge < -0.3 is 5.32 Å². The van der Waals surface area contributed by atoms with Crippen molar-refractivity contribution in [2.75, 3.05) is 12.8 Å². The van der Waals surface area contributed by atoms with E-state index in [9.17, 15) is 0 Å². The first kappa shape index (κ1) is 14.9. The Balaban J connectivity index is 2.37. The van der Waals surface area contributed by atoms with Gasteiger partial charge in [0.25, 0.3) is 0 Å². The van der Waals surface area contributed by atoms with Crippen LogP contribution in [0.25, 0.3) is 0 Å². The fourth-order valence-electron chi connectivity index (χ4n) is 1.60. The third-order valence-corrected chi connectivity index (χ3v) is 4.14. The monoisotopic (exact) mass is 271 g/mol. The van der Waals surface area contributed by atoms with Gasteiger partial charge in [-0.3, -0.25) is 0 Å². The van der Waals surface area contributed by atoms with Crippen molar-refractivity contribution in [3.8, 4) is 0 Å². The number of hydrogen-bond acceptors (Lipinski definition) is 2. The molecule has 1 unspecified atom stereocenters. The predicted octanol–water partition coefficient (Wildman–Crippen LogP) is 4.46. The Labute approximate surface area is 114 Å². The molecule has 0 saturated carbocycles. The van der Waals surface area contributed by atoms with Crippen molar-refractivity contribution >= 4 is 23.4 Å². The van der Waals surface area contributed by atoms with Gasteiger partial charge in [-0.2, -0.15) is 0 Å². The first-order valence-electron chi connectivity index (χ1n) is 6.17. The summed E-state index contributed by atoms with van der Waals surface area (Å²) in [4.78, 5) is 1.25. The van der Waals surface area contributed by atoms with Crippen molar-refractivity contribution in [1.29, 1.82) is 0 Å². The summed E-state index contributed by atoms with van der Waals surface area (Å²) in [7, 11) is 2.05. The lowest BCUT2D eigenvalue weighted by Crippen LogP contribution is -2.28. The second-order valence-electron chi connectivity index (χ2n) is 4.73. The maximum Gasteiger partial charge on any atom is 0.0417 e. The molecule has 0 amide bonds. The summed E-state index contributed by atoms with van der Waals surface area (Å²) < 4.78 is 0. The number of halogens is 1. The summed E-state index contributed by atoms with van der Waals surface area (Å²) in [6.07, 6.45) is 2.52. The van der Waals surface area contributed by atoms with E-state index in [-0.39, 0.29) is 0 Å². The second kappa shape index (κ2) is 8.02. The van der Waals surface area contributed by atoms with Gasteiger partial charge in [0, 0.05) is 21.7 Å². The summed E-state index contributed by atoms with van der Waals surface area (Å²) in [5.41, 5.74) is 0. The summed E-state index contributed by atoms with van der Waals surface area (Å²) in [6.45, 7) is 4.55. The van der Waals surface area contributed by atoms with Gasteiger partial charge in [-0.05, 0) is 44.0 Å². The number of hydrogen-bond donors (Lipinski definition) is 1. The molecule has 96 valence electrons. The number of thioether (sulfide) groups is 1. The summed E-state index contributed by atoms with van der Waals surface area (Å²) >= 11 is 7.84. The fourth-order valence-corrected chi connectivity index (χ4v) is 2.97. The van der Waals surface area contributed by atoms with Gasteiger partial charge in [-0.1, -0.05) is 31.5 Å². The lowest BCUT2D eigenvalue weighted by molar-refractivity contribution is 0.479. The van der Waals surface area contributed by atoms with E-state index in [4.69, 9.17) is 11.6 Å². The molecule has 3 heteroatoms. The second-order valence-corrected chi connectivity index (χ2v) is 6.26. The lowest BCUT2D eigenvalue weighted by atomic mass is 10.0. The SMILES string of the molecule is CNC(CCC(C)C)CSc1cccc(Cl)c1. The van der Waals surface area contributed by atoms with Crippen LogP contribution in [0.2, 0.25) is 5.02 Å². The van der Waals surface area contributed by atoms with E-state index in [0.717, 1.165) is 16.7 Å². The van der Waals surface area contributed by atoms with Crippen molar-refractivity contribution in [2.45, 2.75) is 37.6 Å². The van der Waals surface area contributed by atoms with Crippen molar-refractivity contribution < 1.29 is 0 Å². The quantitative estimate of drug-likeness (QED) is 0.735. The predicted molar refractivity (Wildman–Crippen MR) is 79.1 cm³/mol. The summed E-state index contributed by atoms with van der Waals surface area (Å²) in [6, 6.07) is 8.65. The van der Waals surface area contributed by atoms with Crippen molar-refractivity contribution in [2.24, 2.45) is 5.92 Å². The Morgan fingerprint density at radius 3 is 2.65 bits per heavy atom. The van der Waals surface area contributed by atoms with Crippen LogP contribution in [-0.2, 0) is 0 Å². The van der Waals surface area contributed by atoms with Crippen LogP contribution in [0.5, 0.6) is 0 Å². The molecular formula is C14H22ClNS. The van der Waals surface area contributed by atoms with Crippen LogP contribution in [0.1, 0.15) is 26.7 Å². The largest absolute Gasteiger partial charge is 0.316 e. The molecule has 0 aliphatic rings. The molecule has 0 aliphatic carbocycles. The van der Waals surface area contributed by atoms with Crippen LogP contribution in [0, 0.1) is 5.92 Å². The zero-order chi connectivity index (χ0) is 12.7. The lowest BCUT2D eigenvalue weighted by Gasteiger charge is -2.16. The van der Waals surface area contributed by atoms with Crippen LogP contribution in [0.15, 0.2) is 29.2 Å². The Morgan fingerprint density at radius 1 is 1.29 bits per heavy atom. The number of benzene rings is 1. The van der Waals surface area contributed by atoms with E-state index in [0.29, 0.717) is 6.04 Å². The molecule has 0 radical (unpaired) electrons. The number of rotatable bonds is 7. The van der Waals surface area contributed by atoms with Crippen molar-refractivity contribution in [1.82, 2.24) is 5.32 Å². The van der Waals surface area contributed by atoms with Crippen molar-refractivity contribution in [3.63, 3.8) is 0 Å². The Bertz CT molecular complexity index is 328. The Hall–Kier alpha value is -0.180. The molecule has 1 rings (SSSR count). The van der Waals surface area contributed by atoms with E-state index in [1.54, 1.807) is 0 Å². The highest BCUT2D eigenvalue weighted by molar-refractivity contribution is 7.99. The highest BCUT2D eigenvalue weighted by atomic mass is 35.5. The van der Waals surface area contributed by atoms with E-state index in [2.05, 4.69) is 25.2 Å². The Kier molecular flexibility index (Phi) is 7.02. The molecule has 1 aromatic carbocycles. The average molecular weight is 272 g/mol. The van der Waals surface area contributed by atoms with Gasteiger partial charge in [-0.25, -0.2) is 0 Å². The molecule has 0 saturated heterocycles. The smallest absolute Gasteiger partial charge is 0.0417 e. The maximum atomic E-state index is 5.97. The minimum atomic E-state index is 0.585. The molecule has 0 aromatic heterocycles. The summed E-state index contributed by atoms with van der Waals surface area (Å²) in [5, 5.41) is 4.21. The molecule has 0 spiro atoms. The minimum Gasteiger partial charge on any atom is -0.316 e. The van der Waals surface area contributed by atoms with Crippen LogP contribution in [-0.4, -0.2) is 18.8 Å². The third kappa shape index (κ3) is 6.35. The fraction of sp³-hybridized carbons (Fsp3) is 0.571. The van der Waals surface area contributed by atoms with Crippen LogP contribution >= 0.6 is 23.4 Å². The molecule has 0 aliphatic heterocycles. The molecule has 1 N–H and O–H groups in total. The molecule has 1 nitrogen and oxygen atoms in total. The normalized spacial score (nSPS) is 13.0. The highest BCUT2D eigenvalue weighted by Crippen LogP contribution is 2.23. The van der Waals surface area contributed by atoms with Gasteiger partial charge >= 0.3 is 0 Å². The van der Waals surface area contributed by atoms with Gasteiger partial charge in [0.05, 0.1) is 0 Å². The molecular weight excluding hydrogens is 250 g/mol. The van der Waals surface area contributed by atoms with Gasteiger partial charge in [0.2, 0.25) is 0 Å². The number of nitrogens with one attached hydrogen (secondary N) is 1. The average Bonchev–Trinajstić information content (AvgIpc) is 2.29. The van der Waals surface area contributed by atoms with Gasteiger partial charge in [-0.15, -0.1) is 11.8 Å². The highest BCUT2D eigenvalue weighted by Gasteiger charge is 2.08. The third-order valence-electron chi connectivity index (χ3n) is 2.75. The first-order valence-corrected chi connectivity index (χ1v) is 7.53. The van der Waals surface area contributed by atoms with Crippen LogP contribution < -0.4 is 5.32 Å². The standard InChI is InChI=1S/C14H22ClNS/c1-11(2)7-8-13(16-3)10-17-14-6-4-5-12(15)9-14/h4-6,9,11,13,16H,7-8,10H2,1-3H3. The Morgan fingerprint density at radius 2 is 2.06 bits per heavy atom. The first-order chi connectivity index (χ1) is 8.11. The molecule has 0 bridgehead atoms. The van der Waals surface area contributed by atoms with Gasteiger partial charge in [0.1, 0.15) is 0 Å². The minimum absolute atomic E-state index is 0.585. The van der Waals surface area contributed by atoms with Crippen molar-refractivity contribution in [3.05, 3.63) is 29.3 Å². The maximum absolute atomic E-state index is 5.97. The van der Waals surface area contributed by atoms with E-state index < -0.39 is 0 Å². The van der Waals surface area contributed by atoms with E-state index in [1.807, 2.05) is 37.0 Å². The van der Waals surface area contributed by atoms with Gasteiger partial charge in [0.15, 0.2) is 0 Å². The van der Waals surface area contributed by atoms with E-state index >= 15 is 0 Å². The summed E-state index contributed by atoms with van der Waals surface area (Å²) in [5.74, 6) is 1.88. The van der Waals surface area contributed by atoms with Crippen LogP contribution in [0.3, 0.4) is 0 Å². The molecule has 0 fully saturated rings. The molecule has 0 heterocycles. The molecule has 1 aromatic rings. The molecule has 1 atom stereocenters. The zero-order valence-corrected chi connectivity index (χ0v) is 12.4.